The number of hydrogen-bond acceptors (Lipinski definition) is 7. The van der Waals surface area contributed by atoms with Crippen molar-refractivity contribution in [2.24, 2.45) is 0 Å². The van der Waals surface area contributed by atoms with Gasteiger partial charge < -0.3 is 28.5 Å². The summed E-state index contributed by atoms with van der Waals surface area (Å²) in [5.74, 6) is -0.543. The Labute approximate surface area is 434 Å². The summed E-state index contributed by atoms with van der Waals surface area (Å²) in [6.45, 7) is 6.84. The van der Waals surface area contributed by atoms with Gasteiger partial charge in [-0.25, -0.2) is 0 Å². The number of nitrogens with zero attached hydrogens (tertiary/aromatic N) is 1. The van der Waals surface area contributed by atoms with Crippen molar-refractivity contribution in [2.45, 2.75) is 296 Å². The smallest absolute Gasteiger partial charge is 0.306 e. The van der Waals surface area contributed by atoms with Crippen molar-refractivity contribution in [3.05, 3.63) is 36.5 Å². The fourth-order valence-electron chi connectivity index (χ4n) is 8.63. The second-order valence-corrected chi connectivity index (χ2v) is 22.9. The number of quaternary nitrogens is 1. The van der Waals surface area contributed by atoms with Crippen LogP contribution in [0.2, 0.25) is 0 Å². The average Bonchev–Trinajstić information content (AvgIpc) is 3.32. The van der Waals surface area contributed by atoms with Gasteiger partial charge in [0.05, 0.1) is 33.8 Å². The van der Waals surface area contributed by atoms with Gasteiger partial charge in [-0.3, -0.25) is 14.2 Å². The minimum atomic E-state index is -4.69. The first-order valence-electron chi connectivity index (χ1n) is 29.8. The van der Waals surface area contributed by atoms with Crippen LogP contribution >= 0.6 is 7.82 Å². The Bertz CT molecular complexity index is 1300. The summed E-state index contributed by atoms with van der Waals surface area (Å²) in [7, 11) is 1.19. The molecule has 0 spiro atoms. The number of amides is 1. The Morgan fingerprint density at radius 3 is 1.23 bits per heavy atom. The van der Waals surface area contributed by atoms with Crippen LogP contribution in [0.1, 0.15) is 284 Å². The molecule has 0 radical (unpaired) electrons. The predicted molar refractivity (Wildman–Crippen MR) is 298 cm³/mol. The SMILES string of the molecule is CCCCCC/C=C\CCCCCCCCCC(=O)NC(COP(=O)([O-])OCC[N+](C)(C)C)C(/C=C/CCCCCCCCCCCC)OC(=O)CCCCCCCCC/C=C/CCCCCCCC. The molecule has 0 bridgehead atoms. The molecule has 0 aromatic rings. The number of rotatable bonds is 54. The van der Waals surface area contributed by atoms with Gasteiger partial charge in [0, 0.05) is 12.8 Å². The quantitative estimate of drug-likeness (QED) is 0.0212. The first kappa shape index (κ1) is 68.2. The van der Waals surface area contributed by atoms with Crippen LogP contribution in [0.4, 0.5) is 0 Å². The molecule has 1 N–H and O–H groups in total. The minimum Gasteiger partial charge on any atom is -0.756 e. The Morgan fingerprint density at radius 2 is 0.829 bits per heavy atom. The van der Waals surface area contributed by atoms with E-state index in [1.54, 1.807) is 0 Å². The molecule has 0 aromatic heterocycles. The highest BCUT2D eigenvalue weighted by atomic mass is 31.2. The molecule has 0 rings (SSSR count). The molecule has 0 aliphatic carbocycles. The first-order chi connectivity index (χ1) is 33.9. The van der Waals surface area contributed by atoms with Crippen LogP contribution in [-0.2, 0) is 27.9 Å². The van der Waals surface area contributed by atoms with Gasteiger partial charge in [0.15, 0.2) is 0 Å². The summed E-state index contributed by atoms with van der Waals surface area (Å²) in [5, 5.41) is 3.02. The van der Waals surface area contributed by atoms with Crippen molar-refractivity contribution >= 4 is 19.7 Å². The number of phosphoric ester groups is 1. The summed E-state index contributed by atoms with van der Waals surface area (Å²) in [4.78, 5) is 39.9. The number of allylic oxidation sites excluding steroid dienone is 5. The topological polar surface area (TPSA) is 114 Å². The van der Waals surface area contributed by atoms with E-state index in [1.165, 1.54) is 167 Å². The zero-order valence-corrected chi connectivity index (χ0v) is 47.9. The van der Waals surface area contributed by atoms with Crippen molar-refractivity contribution in [3.8, 4) is 0 Å². The molecule has 412 valence electrons. The molecule has 0 heterocycles. The molecule has 1 amide bonds. The summed E-state index contributed by atoms with van der Waals surface area (Å²) in [6.07, 6.45) is 59.6. The number of phosphoric acid groups is 1. The first-order valence-corrected chi connectivity index (χ1v) is 31.3. The number of ether oxygens (including phenoxy) is 1. The molecule has 0 saturated carbocycles. The summed E-state index contributed by atoms with van der Waals surface area (Å²) >= 11 is 0. The number of carbonyl (C=O) groups excluding carboxylic acids is 2. The maximum atomic E-state index is 13.5. The lowest BCUT2D eigenvalue weighted by molar-refractivity contribution is -0.870. The van der Waals surface area contributed by atoms with Gasteiger partial charge in [-0.1, -0.05) is 225 Å². The van der Waals surface area contributed by atoms with Crippen LogP contribution in [0.5, 0.6) is 0 Å². The molecule has 0 aliphatic heterocycles. The molecule has 70 heavy (non-hydrogen) atoms. The standard InChI is InChI=1S/C60H115N2O7P/c1-7-10-13-16-19-22-25-28-30-31-33-35-38-41-44-47-50-53-60(64)69-58(51-48-45-42-39-36-27-24-21-18-15-12-9-3)57(56-68-70(65,66)67-55-54-62(4,5)6)61-59(63)52-49-46-43-40-37-34-32-29-26-23-20-17-14-11-8-2/h23,26,28,30,48,51,57-58H,7-22,24-25,27,29,31-47,49-50,52-56H2,1-6H3,(H-,61,63,65,66)/b26-23-,30-28+,51-48+. The molecular weight excluding hydrogens is 892 g/mol. The third-order valence-corrected chi connectivity index (χ3v) is 14.3. The van der Waals surface area contributed by atoms with E-state index in [2.05, 4.69) is 50.4 Å². The lowest BCUT2D eigenvalue weighted by atomic mass is 10.0. The van der Waals surface area contributed by atoms with Crippen molar-refractivity contribution < 1.29 is 37.3 Å². The van der Waals surface area contributed by atoms with Crippen LogP contribution in [-0.4, -0.2) is 69.4 Å². The average molecular weight is 1010 g/mol. The number of esters is 1. The Kier molecular flexibility index (Phi) is 49.5. The highest BCUT2D eigenvalue weighted by molar-refractivity contribution is 7.45. The molecule has 3 unspecified atom stereocenters. The summed E-state index contributed by atoms with van der Waals surface area (Å²) < 4.78 is 30.3. The molecule has 3 atom stereocenters. The lowest BCUT2D eigenvalue weighted by Gasteiger charge is -2.30. The second kappa shape index (κ2) is 50.7. The fourth-order valence-corrected chi connectivity index (χ4v) is 9.35. The van der Waals surface area contributed by atoms with E-state index in [0.29, 0.717) is 17.4 Å². The van der Waals surface area contributed by atoms with E-state index in [0.717, 1.165) is 83.5 Å². The third kappa shape index (κ3) is 51.1. The van der Waals surface area contributed by atoms with Crippen molar-refractivity contribution in [1.29, 1.82) is 0 Å². The Balaban J connectivity index is 5.31. The highest BCUT2D eigenvalue weighted by Crippen LogP contribution is 2.38. The predicted octanol–water partition coefficient (Wildman–Crippen LogP) is 17.3. The van der Waals surface area contributed by atoms with Gasteiger partial charge in [0.2, 0.25) is 5.91 Å². The van der Waals surface area contributed by atoms with Crippen LogP contribution in [0.25, 0.3) is 0 Å². The largest absolute Gasteiger partial charge is 0.756 e. The van der Waals surface area contributed by atoms with Gasteiger partial charge in [-0.05, 0) is 83.1 Å². The molecular formula is C60H115N2O7P. The van der Waals surface area contributed by atoms with Crippen LogP contribution in [0, 0.1) is 0 Å². The van der Waals surface area contributed by atoms with E-state index >= 15 is 0 Å². The van der Waals surface area contributed by atoms with E-state index in [1.807, 2.05) is 33.3 Å². The number of carbonyl (C=O) groups is 2. The van der Waals surface area contributed by atoms with Gasteiger partial charge in [-0.2, -0.15) is 0 Å². The van der Waals surface area contributed by atoms with Crippen LogP contribution in [0.3, 0.4) is 0 Å². The zero-order valence-electron chi connectivity index (χ0n) is 47.0. The van der Waals surface area contributed by atoms with Crippen molar-refractivity contribution in [3.63, 3.8) is 0 Å². The van der Waals surface area contributed by atoms with Gasteiger partial charge >= 0.3 is 5.97 Å². The van der Waals surface area contributed by atoms with E-state index in [4.69, 9.17) is 13.8 Å². The van der Waals surface area contributed by atoms with Crippen molar-refractivity contribution in [1.82, 2.24) is 5.32 Å². The van der Waals surface area contributed by atoms with Gasteiger partial charge in [-0.15, -0.1) is 0 Å². The molecule has 9 nitrogen and oxygen atoms in total. The van der Waals surface area contributed by atoms with E-state index in [9.17, 15) is 19.0 Å². The second-order valence-electron chi connectivity index (χ2n) is 21.5. The van der Waals surface area contributed by atoms with Gasteiger partial charge in [0.25, 0.3) is 7.82 Å². The number of nitrogens with one attached hydrogen (secondary N) is 1. The van der Waals surface area contributed by atoms with Crippen molar-refractivity contribution in [2.75, 3.05) is 40.9 Å². The lowest BCUT2D eigenvalue weighted by Crippen LogP contribution is -2.47. The summed E-state index contributed by atoms with van der Waals surface area (Å²) in [5.41, 5.74) is 0. The third-order valence-electron chi connectivity index (χ3n) is 13.3. The number of hydrogen-bond donors (Lipinski definition) is 1. The van der Waals surface area contributed by atoms with E-state index < -0.39 is 20.0 Å². The maximum Gasteiger partial charge on any atom is 0.306 e. The molecule has 10 heteroatoms. The fraction of sp³-hybridized carbons (Fsp3) is 0.867. The minimum absolute atomic E-state index is 0.0224. The van der Waals surface area contributed by atoms with Crippen LogP contribution < -0.4 is 10.2 Å². The number of likely N-dealkylation sites (N-methyl/N-ethyl adjacent to an activating group) is 1. The molecule has 0 aromatic carbocycles. The van der Waals surface area contributed by atoms with Crippen LogP contribution in [0.15, 0.2) is 36.5 Å². The maximum absolute atomic E-state index is 13.5. The van der Waals surface area contributed by atoms with E-state index in [-0.39, 0.29) is 31.5 Å². The highest BCUT2D eigenvalue weighted by Gasteiger charge is 2.27. The Hall–Kier alpha value is -1.77. The van der Waals surface area contributed by atoms with Gasteiger partial charge in [0.1, 0.15) is 19.3 Å². The zero-order chi connectivity index (χ0) is 51.5. The molecule has 0 saturated heterocycles. The number of unbranched alkanes of at least 4 members (excludes halogenated alkanes) is 34. The Morgan fingerprint density at radius 1 is 0.486 bits per heavy atom. The summed E-state index contributed by atoms with van der Waals surface area (Å²) in [6, 6.07) is -0.888. The monoisotopic (exact) mass is 1010 g/mol. The molecule has 0 fully saturated rings. The normalized spacial score (nSPS) is 14.0. The molecule has 0 aliphatic rings.